The summed E-state index contributed by atoms with van der Waals surface area (Å²) in [7, 11) is -3.50. The molecule has 0 bridgehead atoms. The Morgan fingerprint density at radius 3 is 2.37 bits per heavy atom. The third-order valence-corrected chi connectivity index (χ3v) is 8.25. The average Bonchev–Trinajstić information content (AvgIpc) is 2.79. The molecular formula is C22H35N3O4S. The van der Waals surface area contributed by atoms with Crippen molar-refractivity contribution in [1.29, 1.82) is 0 Å². The van der Waals surface area contributed by atoms with Crippen LogP contribution in [0, 0.1) is 0 Å². The van der Waals surface area contributed by atoms with Gasteiger partial charge in [-0.25, -0.2) is 8.42 Å². The van der Waals surface area contributed by atoms with Gasteiger partial charge in [0.25, 0.3) is 0 Å². The van der Waals surface area contributed by atoms with E-state index in [9.17, 15) is 13.2 Å². The van der Waals surface area contributed by atoms with Crippen molar-refractivity contribution in [3.8, 4) is 0 Å². The summed E-state index contributed by atoms with van der Waals surface area (Å²) in [5.74, 6) is 0.524. The lowest BCUT2D eigenvalue weighted by molar-refractivity contribution is -0.140. The number of ether oxygens (including phenoxy) is 1. The summed E-state index contributed by atoms with van der Waals surface area (Å²) >= 11 is 0. The van der Waals surface area contributed by atoms with E-state index in [0.29, 0.717) is 63.2 Å². The van der Waals surface area contributed by atoms with Gasteiger partial charge < -0.3 is 9.64 Å². The first-order valence-corrected chi connectivity index (χ1v) is 12.5. The third-order valence-electron chi connectivity index (χ3n) is 6.34. The summed E-state index contributed by atoms with van der Waals surface area (Å²) in [4.78, 5) is 16.9. The van der Waals surface area contributed by atoms with E-state index in [4.69, 9.17) is 4.74 Å². The fourth-order valence-electron chi connectivity index (χ4n) is 3.97. The number of rotatable bonds is 7. The van der Waals surface area contributed by atoms with Crippen LogP contribution in [0.1, 0.15) is 45.1 Å². The zero-order chi connectivity index (χ0) is 21.7. The number of carbonyl (C=O) groups excluding carboxylic acids is 1. The SMILES string of the molecule is CCC1CN(C(=O)CN2CCN(S(=O)(=O)c3ccc(C(C)CC)cc3)CC2)CCO1. The molecular weight excluding hydrogens is 402 g/mol. The van der Waals surface area contributed by atoms with Crippen molar-refractivity contribution >= 4 is 15.9 Å². The number of nitrogens with zero attached hydrogens (tertiary/aromatic N) is 3. The van der Waals surface area contributed by atoms with Crippen LogP contribution in [-0.2, 0) is 19.6 Å². The van der Waals surface area contributed by atoms with E-state index >= 15 is 0 Å². The molecule has 1 amide bonds. The van der Waals surface area contributed by atoms with E-state index in [1.54, 1.807) is 12.1 Å². The van der Waals surface area contributed by atoms with Crippen LogP contribution in [0.2, 0.25) is 0 Å². The number of carbonyl (C=O) groups is 1. The minimum Gasteiger partial charge on any atom is -0.375 e. The summed E-state index contributed by atoms with van der Waals surface area (Å²) in [5.41, 5.74) is 1.16. The molecule has 168 valence electrons. The van der Waals surface area contributed by atoms with Crippen LogP contribution < -0.4 is 0 Å². The Morgan fingerprint density at radius 2 is 1.77 bits per heavy atom. The van der Waals surface area contributed by atoms with E-state index in [1.807, 2.05) is 17.0 Å². The van der Waals surface area contributed by atoms with Gasteiger partial charge in [0.2, 0.25) is 15.9 Å². The normalized spacial score (nSPS) is 22.8. The highest BCUT2D eigenvalue weighted by atomic mass is 32.2. The smallest absolute Gasteiger partial charge is 0.243 e. The third kappa shape index (κ3) is 5.41. The minimum atomic E-state index is -3.50. The van der Waals surface area contributed by atoms with Gasteiger partial charge >= 0.3 is 0 Å². The van der Waals surface area contributed by atoms with Gasteiger partial charge in [-0.2, -0.15) is 4.31 Å². The van der Waals surface area contributed by atoms with Crippen molar-refractivity contribution in [2.45, 2.75) is 50.5 Å². The predicted octanol–water partition coefficient (Wildman–Crippen LogP) is 2.14. The predicted molar refractivity (Wildman–Crippen MR) is 117 cm³/mol. The molecule has 2 aliphatic heterocycles. The second-order valence-corrected chi connectivity index (χ2v) is 10.2. The first kappa shape index (κ1) is 23.2. The van der Waals surface area contributed by atoms with Crippen LogP contribution in [0.5, 0.6) is 0 Å². The number of benzene rings is 1. The number of piperazine rings is 1. The van der Waals surface area contributed by atoms with Gasteiger partial charge in [0.15, 0.2) is 0 Å². The van der Waals surface area contributed by atoms with E-state index in [0.717, 1.165) is 18.4 Å². The van der Waals surface area contributed by atoms with Gasteiger partial charge in [-0.15, -0.1) is 0 Å². The Morgan fingerprint density at radius 1 is 1.10 bits per heavy atom. The highest BCUT2D eigenvalue weighted by Crippen LogP contribution is 2.23. The van der Waals surface area contributed by atoms with Crippen molar-refractivity contribution in [2.75, 3.05) is 52.4 Å². The van der Waals surface area contributed by atoms with Crippen LogP contribution in [0.25, 0.3) is 0 Å². The molecule has 2 fully saturated rings. The Hall–Kier alpha value is -1.48. The molecule has 2 heterocycles. The van der Waals surface area contributed by atoms with Crippen LogP contribution >= 0.6 is 0 Å². The number of sulfonamides is 1. The maximum Gasteiger partial charge on any atom is 0.243 e. The highest BCUT2D eigenvalue weighted by Gasteiger charge is 2.30. The quantitative estimate of drug-likeness (QED) is 0.654. The fourth-order valence-corrected chi connectivity index (χ4v) is 5.39. The molecule has 0 saturated carbocycles. The lowest BCUT2D eigenvalue weighted by Crippen LogP contribution is -2.53. The number of hydrogen-bond acceptors (Lipinski definition) is 5. The van der Waals surface area contributed by atoms with Gasteiger partial charge in [-0.1, -0.05) is 32.9 Å². The molecule has 0 aliphatic carbocycles. The van der Waals surface area contributed by atoms with Gasteiger partial charge in [-0.3, -0.25) is 9.69 Å². The van der Waals surface area contributed by atoms with Gasteiger partial charge in [0.05, 0.1) is 24.2 Å². The Labute approximate surface area is 181 Å². The molecule has 2 atom stereocenters. The molecule has 0 aromatic heterocycles. The van der Waals surface area contributed by atoms with E-state index in [2.05, 4.69) is 25.7 Å². The van der Waals surface area contributed by atoms with E-state index < -0.39 is 10.0 Å². The lowest BCUT2D eigenvalue weighted by Gasteiger charge is -2.36. The van der Waals surface area contributed by atoms with Crippen LogP contribution in [0.15, 0.2) is 29.2 Å². The number of hydrogen-bond donors (Lipinski definition) is 0. The zero-order valence-electron chi connectivity index (χ0n) is 18.4. The molecule has 2 aliphatic rings. The molecule has 0 spiro atoms. The first-order chi connectivity index (χ1) is 14.3. The Balaban J connectivity index is 1.53. The van der Waals surface area contributed by atoms with Crippen LogP contribution in [0.4, 0.5) is 0 Å². The van der Waals surface area contributed by atoms with E-state index in [1.165, 1.54) is 4.31 Å². The van der Waals surface area contributed by atoms with Crippen molar-refractivity contribution < 1.29 is 17.9 Å². The molecule has 3 rings (SSSR count). The van der Waals surface area contributed by atoms with E-state index in [-0.39, 0.29) is 12.0 Å². The fraction of sp³-hybridized carbons (Fsp3) is 0.682. The largest absolute Gasteiger partial charge is 0.375 e. The monoisotopic (exact) mass is 437 g/mol. The Kier molecular flexibility index (Phi) is 7.90. The summed E-state index contributed by atoms with van der Waals surface area (Å²) in [6, 6.07) is 7.27. The molecule has 0 radical (unpaired) electrons. The van der Waals surface area contributed by atoms with Gasteiger partial charge in [-0.05, 0) is 36.5 Å². The van der Waals surface area contributed by atoms with Crippen molar-refractivity contribution in [3.63, 3.8) is 0 Å². The molecule has 30 heavy (non-hydrogen) atoms. The second-order valence-electron chi connectivity index (χ2n) is 8.30. The molecule has 0 N–H and O–H groups in total. The zero-order valence-corrected chi connectivity index (χ0v) is 19.2. The maximum atomic E-state index is 13.0. The molecule has 1 aromatic rings. The second kappa shape index (κ2) is 10.2. The molecule has 2 saturated heterocycles. The van der Waals surface area contributed by atoms with Crippen LogP contribution in [0.3, 0.4) is 0 Å². The summed E-state index contributed by atoms with van der Waals surface area (Å²) in [6.07, 6.45) is 2.05. The Bertz CT molecular complexity index is 804. The number of morpholine rings is 1. The summed E-state index contributed by atoms with van der Waals surface area (Å²) in [5, 5.41) is 0. The average molecular weight is 438 g/mol. The minimum absolute atomic E-state index is 0.105. The van der Waals surface area contributed by atoms with Gasteiger partial charge in [0.1, 0.15) is 0 Å². The van der Waals surface area contributed by atoms with Crippen molar-refractivity contribution in [3.05, 3.63) is 29.8 Å². The standard InChI is InChI=1S/C22H35N3O4S/c1-4-18(3)19-6-8-21(9-7-19)30(27,28)25-12-10-23(11-13-25)17-22(26)24-14-15-29-20(5-2)16-24/h6-9,18,20H,4-5,10-17H2,1-3H3. The maximum absolute atomic E-state index is 13.0. The highest BCUT2D eigenvalue weighted by molar-refractivity contribution is 7.89. The van der Waals surface area contributed by atoms with Gasteiger partial charge in [0, 0.05) is 39.3 Å². The molecule has 1 aromatic carbocycles. The first-order valence-electron chi connectivity index (χ1n) is 11.1. The van der Waals surface area contributed by atoms with Crippen molar-refractivity contribution in [2.24, 2.45) is 0 Å². The number of amides is 1. The summed E-state index contributed by atoms with van der Waals surface area (Å²) in [6.45, 7) is 10.5. The summed E-state index contributed by atoms with van der Waals surface area (Å²) < 4.78 is 33.2. The lowest BCUT2D eigenvalue weighted by atomic mass is 9.99. The molecule has 7 nitrogen and oxygen atoms in total. The molecule has 2 unspecified atom stereocenters. The molecule has 8 heteroatoms. The van der Waals surface area contributed by atoms with Crippen LogP contribution in [-0.4, -0.2) is 87.0 Å². The topological polar surface area (TPSA) is 70.2 Å². The van der Waals surface area contributed by atoms with Crippen molar-refractivity contribution in [1.82, 2.24) is 14.1 Å².